The summed E-state index contributed by atoms with van der Waals surface area (Å²) in [5.74, 6) is 1.09. The summed E-state index contributed by atoms with van der Waals surface area (Å²) in [6.45, 7) is 7.28. The van der Waals surface area contributed by atoms with Crippen LogP contribution in [0.1, 0.15) is 42.5 Å². The van der Waals surface area contributed by atoms with Crippen molar-refractivity contribution in [2.24, 2.45) is 0 Å². The van der Waals surface area contributed by atoms with E-state index in [1.54, 1.807) is 12.4 Å². The number of fused-ring (bicyclic) bond motifs is 1. The zero-order valence-electron chi connectivity index (χ0n) is 16.5. The molecule has 1 aliphatic rings. The Kier molecular flexibility index (Phi) is 4.98. The first-order valence-corrected chi connectivity index (χ1v) is 9.70. The quantitative estimate of drug-likeness (QED) is 0.753. The van der Waals surface area contributed by atoms with Crippen molar-refractivity contribution >= 4 is 17.1 Å². The summed E-state index contributed by atoms with van der Waals surface area (Å²) in [5.41, 5.74) is 4.76. The van der Waals surface area contributed by atoms with E-state index in [9.17, 15) is 4.79 Å². The Morgan fingerprint density at radius 3 is 2.54 bits per heavy atom. The van der Waals surface area contributed by atoms with Crippen LogP contribution in [0.4, 0.5) is 0 Å². The van der Waals surface area contributed by atoms with Gasteiger partial charge in [0.05, 0.1) is 5.69 Å². The smallest absolute Gasteiger partial charge is 0.263 e. The third kappa shape index (κ3) is 3.69. The fraction of sp³-hybridized carbons (Fsp3) is 0.429. The van der Waals surface area contributed by atoms with Crippen molar-refractivity contribution in [3.8, 4) is 5.75 Å². The van der Waals surface area contributed by atoms with Gasteiger partial charge in [0, 0.05) is 31.4 Å². The van der Waals surface area contributed by atoms with Gasteiger partial charge in [0.15, 0.2) is 11.8 Å². The van der Waals surface area contributed by atoms with Crippen LogP contribution in [0.3, 0.4) is 0 Å². The number of benzene rings is 1. The van der Waals surface area contributed by atoms with Crippen molar-refractivity contribution in [3.63, 3.8) is 0 Å². The van der Waals surface area contributed by atoms with Gasteiger partial charge in [-0.15, -0.1) is 0 Å². The van der Waals surface area contributed by atoms with E-state index in [-0.39, 0.29) is 5.91 Å². The van der Waals surface area contributed by atoms with E-state index >= 15 is 0 Å². The minimum Gasteiger partial charge on any atom is -0.481 e. The third-order valence-electron chi connectivity index (χ3n) is 5.29. The van der Waals surface area contributed by atoms with Gasteiger partial charge >= 0.3 is 0 Å². The predicted molar refractivity (Wildman–Crippen MR) is 106 cm³/mol. The number of nitrogens with one attached hydrogen (secondary N) is 1. The minimum absolute atomic E-state index is 0.0341. The molecule has 0 radical (unpaired) electrons. The molecule has 0 aliphatic carbocycles. The molecule has 1 amide bonds. The van der Waals surface area contributed by atoms with Crippen LogP contribution in [0.15, 0.2) is 30.6 Å². The molecule has 0 unspecified atom stereocenters. The van der Waals surface area contributed by atoms with Crippen molar-refractivity contribution in [3.05, 3.63) is 47.4 Å². The summed E-state index contributed by atoms with van der Waals surface area (Å²) < 4.78 is 5.92. The highest BCUT2D eigenvalue weighted by atomic mass is 16.5. The second kappa shape index (κ2) is 7.58. The van der Waals surface area contributed by atoms with E-state index in [1.807, 2.05) is 37.8 Å². The van der Waals surface area contributed by atoms with Gasteiger partial charge < -0.3 is 9.64 Å². The lowest BCUT2D eigenvalue weighted by molar-refractivity contribution is -0.139. The zero-order valence-corrected chi connectivity index (χ0v) is 16.5. The van der Waals surface area contributed by atoms with E-state index in [1.165, 1.54) is 0 Å². The first-order valence-electron chi connectivity index (χ1n) is 9.70. The maximum atomic E-state index is 12.8. The Balaban J connectivity index is 1.38. The maximum Gasteiger partial charge on any atom is 0.263 e. The number of H-pyrrole nitrogens is 1. The molecule has 0 bridgehead atoms. The van der Waals surface area contributed by atoms with Gasteiger partial charge in [-0.3, -0.25) is 9.89 Å². The molecular weight excluding hydrogens is 354 g/mol. The molecule has 7 nitrogen and oxygen atoms in total. The first kappa shape index (κ1) is 18.4. The molecule has 3 aromatic rings. The van der Waals surface area contributed by atoms with Crippen molar-refractivity contribution in [1.29, 1.82) is 0 Å². The Morgan fingerprint density at radius 1 is 1.14 bits per heavy atom. The Labute approximate surface area is 164 Å². The summed E-state index contributed by atoms with van der Waals surface area (Å²) in [5, 5.41) is 7.33. The Bertz CT molecular complexity index is 971. The minimum atomic E-state index is -0.503. The summed E-state index contributed by atoms with van der Waals surface area (Å²) in [6.07, 6.45) is 4.57. The summed E-state index contributed by atoms with van der Waals surface area (Å²) >= 11 is 0. The molecule has 0 saturated carbocycles. The van der Waals surface area contributed by atoms with Crippen LogP contribution in [0.5, 0.6) is 5.75 Å². The molecule has 1 saturated heterocycles. The highest BCUT2D eigenvalue weighted by Gasteiger charge is 2.29. The van der Waals surface area contributed by atoms with Gasteiger partial charge in [0.2, 0.25) is 0 Å². The van der Waals surface area contributed by atoms with Crippen molar-refractivity contribution in [2.75, 3.05) is 13.1 Å². The van der Waals surface area contributed by atoms with Gasteiger partial charge in [0.1, 0.15) is 11.3 Å². The third-order valence-corrected chi connectivity index (χ3v) is 5.29. The number of hydrogen-bond acceptors (Lipinski definition) is 5. The van der Waals surface area contributed by atoms with Gasteiger partial charge in [-0.2, -0.15) is 5.10 Å². The van der Waals surface area contributed by atoms with E-state index in [4.69, 9.17) is 4.74 Å². The molecular formula is C21H25N5O2. The topological polar surface area (TPSA) is 84.0 Å². The number of aromatic nitrogens is 4. The average Bonchev–Trinajstić information content (AvgIpc) is 3.11. The zero-order chi connectivity index (χ0) is 19.7. The monoisotopic (exact) mass is 379 g/mol. The average molecular weight is 379 g/mol. The van der Waals surface area contributed by atoms with Gasteiger partial charge in [0.25, 0.3) is 5.91 Å². The summed E-state index contributed by atoms with van der Waals surface area (Å²) in [6, 6.07) is 6.02. The number of nitrogens with zero attached hydrogens (tertiary/aromatic N) is 4. The number of ether oxygens (including phenoxy) is 1. The lowest BCUT2D eigenvalue weighted by atomic mass is 9.93. The number of aryl methyl sites for hydroxylation is 2. The molecule has 146 valence electrons. The fourth-order valence-electron chi connectivity index (χ4n) is 3.95. The molecule has 1 aromatic carbocycles. The van der Waals surface area contributed by atoms with Crippen LogP contribution in [-0.2, 0) is 4.79 Å². The molecule has 3 heterocycles. The first-order chi connectivity index (χ1) is 13.5. The molecule has 7 heteroatoms. The van der Waals surface area contributed by atoms with E-state index in [2.05, 4.69) is 26.2 Å². The van der Waals surface area contributed by atoms with E-state index in [0.717, 1.165) is 40.9 Å². The van der Waals surface area contributed by atoms with Crippen molar-refractivity contribution < 1.29 is 9.53 Å². The molecule has 1 fully saturated rings. The molecule has 2 aromatic heterocycles. The number of hydrogen-bond donors (Lipinski definition) is 1. The standard InChI is InChI=1S/C21H25N5O2/c1-13-10-14(2)12-17(11-13)28-15(3)21(27)26-8-4-16(5-9-26)18-19-20(25-24-18)23-7-6-22-19/h6-7,10-12,15-16H,4-5,8-9H2,1-3H3,(H,23,24,25)/t15-/m1/s1. The Hall–Kier alpha value is -2.96. The van der Waals surface area contributed by atoms with Gasteiger partial charge in [-0.25, -0.2) is 9.97 Å². The number of amides is 1. The summed E-state index contributed by atoms with van der Waals surface area (Å²) in [4.78, 5) is 23.4. The van der Waals surface area contributed by atoms with E-state index in [0.29, 0.717) is 24.7 Å². The Morgan fingerprint density at radius 2 is 1.82 bits per heavy atom. The normalized spacial score (nSPS) is 16.3. The second-order valence-corrected chi connectivity index (χ2v) is 7.55. The number of likely N-dealkylation sites (tertiary alicyclic amines) is 1. The van der Waals surface area contributed by atoms with Crippen LogP contribution in [0.25, 0.3) is 11.2 Å². The van der Waals surface area contributed by atoms with Crippen LogP contribution in [0.2, 0.25) is 0 Å². The van der Waals surface area contributed by atoms with Gasteiger partial charge in [-0.05, 0) is 56.9 Å². The molecule has 28 heavy (non-hydrogen) atoms. The summed E-state index contributed by atoms with van der Waals surface area (Å²) in [7, 11) is 0. The molecule has 1 aliphatic heterocycles. The highest BCUT2D eigenvalue weighted by Crippen LogP contribution is 2.30. The largest absolute Gasteiger partial charge is 0.481 e. The molecule has 0 spiro atoms. The molecule has 1 atom stereocenters. The number of carbonyl (C=O) groups is 1. The molecule has 1 N–H and O–H groups in total. The van der Waals surface area contributed by atoms with Crippen molar-refractivity contribution in [1.82, 2.24) is 25.1 Å². The SMILES string of the molecule is Cc1cc(C)cc(O[C@H](C)C(=O)N2CCC(c3[nH]nc4nccnc34)CC2)c1. The van der Waals surface area contributed by atoms with Crippen LogP contribution >= 0.6 is 0 Å². The number of carbonyl (C=O) groups excluding carboxylic acids is 1. The maximum absolute atomic E-state index is 12.8. The van der Waals surface area contributed by atoms with Crippen LogP contribution in [-0.4, -0.2) is 50.2 Å². The lowest BCUT2D eigenvalue weighted by Gasteiger charge is -2.33. The lowest BCUT2D eigenvalue weighted by Crippen LogP contribution is -2.44. The van der Waals surface area contributed by atoms with E-state index < -0.39 is 6.10 Å². The van der Waals surface area contributed by atoms with Crippen LogP contribution in [0, 0.1) is 13.8 Å². The predicted octanol–water partition coefficient (Wildman–Crippen LogP) is 3.14. The van der Waals surface area contributed by atoms with Crippen molar-refractivity contribution in [2.45, 2.75) is 45.6 Å². The highest BCUT2D eigenvalue weighted by molar-refractivity contribution is 5.81. The number of aromatic amines is 1. The van der Waals surface area contributed by atoms with Gasteiger partial charge in [-0.1, -0.05) is 6.07 Å². The number of piperidine rings is 1. The number of rotatable bonds is 4. The molecule has 4 rings (SSSR count). The van der Waals surface area contributed by atoms with Crippen LogP contribution < -0.4 is 4.74 Å². The fourth-order valence-corrected chi connectivity index (χ4v) is 3.95. The second-order valence-electron chi connectivity index (χ2n) is 7.55.